The normalized spacial score (nSPS) is 12.5. The minimum Gasteiger partial charge on any atom is -0.466 e. The quantitative estimate of drug-likeness (QED) is 0.0320. The maximum Gasteiger partial charge on any atom is 0.305 e. The van der Waals surface area contributed by atoms with E-state index in [9.17, 15) is 19.8 Å². The van der Waals surface area contributed by atoms with Gasteiger partial charge in [0.25, 0.3) is 0 Å². The highest BCUT2D eigenvalue weighted by atomic mass is 16.5. The molecular weight excluding hydrogens is 899 g/mol. The lowest BCUT2D eigenvalue weighted by molar-refractivity contribution is -0.143. The first kappa shape index (κ1) is 71.6. The van der Waals surface area contributed by atoms with E-state index in [0.717, 1.165) is 64.2 Å². The molecule has 73 heavy (non-hydrogen) atoms. The Hall–Kier alpha value is -1.40. The Bertz CT molecular complexity index is 1100. The molecule has 6 heteroatoms. The molecule has 0 saturated carbocycles. The van der Waals surface area contributed by atoms with Gasteiger partial charge in [-0.3, -0.25) is 9.59 Å². The van der Waals surface area contributed by atoms with Crippen molar-refractivity contribution in [1.82, 2.24) is 5.32 Å². The van der Waals surface area contributed by atoms with Gasteiger partial charge in [-0.15, -0.1) is 0 Å². The molecule has 2 atom stereocenters. The van der Waals surface area contributed by atoms with E-state index in [-0.39, 0.29) is 18.5 Å². The van der Waals surface area contributed by atoms with Crippen LogP contribution in [0.2, 0.25) is 0 Å². The molecule has 0 fully saturated rings. The Morgan fingerprint density at radius 2 is 0.644 bits per heavy atom. The van der Waals surface area contributed by atoms with E-state index in [1.54, 1.807) is 0 Å². The second-order valence-corrected chi connectivity index (χ2v) is 23.2. The molecule has 6 nitrogen and oxygen atoms in total. The van der Waals surface area contributed by atoms with Gasteiger partial charge in [-0.2, -0.15) is 0 Å². The fraction of sp³-hybridized carbons (Fsp3) is 0.940. The van der Waals surface area contributed by atoms with Crippen molar-refractivity contribution in [3.63, 3.8) is 0 Å². The highest BCUT2D eigenvalue weighted by molar-refractivity contribution is 5.76. The number of amides is 1. The molecule has 0 spiro atoms. The number of carbonyl (C=O) groups excluding carboxylic acids is 2. The van der Waals surface area contributed by atoms with Crippen molar-refractivity contribution in [3.05, 3.63) is 12.2 Å². The number of carbonyl (C=O) groups is 2. The first-order chi connectivity index (χ1) is 36.0. The van der Waals surface area contributed by atoms with Crippen LogP contribution in [0.15, 0.2) is 12.2 Å². The zero-order valence-corrected chi connectivity index (χ0v) is 49.6. The number of hydrogen-bond donors (Lipinski definition) is 3. The summed E-state index contributed by atoms with van der Waals surface area (Å²) in [5, 5.41) is 23.4. The van der Waals surface area contributed by atoms with Crippen LogP contribution in [-0.4, -0.2) is 47.4 Å². The fourth-order valence-corrected chi connectivity index (χ4v) is 10.7. The lowest BCUT2D eigenvalue weighted by atomic mass is 10.0. The molecule has 0 aliphatic carbocycles. The van der Waals surface area contributed by atoms with Gasteiger partial charge < -0.3 is 20.3 Å². The SMILES string of the molecule is CCCCCCCCCCCCCCCCCCCCCCCCC(O)C(CO)NC(=O)CCCCCCC/C=C\CCCCCCCCCOC(=O)CCCCCCCCCCCCCCCCCCCC. The summed E-state index contributed by atoms with van der Waals surface area (Å²) in [6.45, 7) is 4.97. The predicted molar refractivity (Wildman–Crippen MR) is 320 cm³/mol. The predicted octanol–water partition coefficient (Wildman–Crippen LogP) is 21.2. The van der Waals surface area contributed by atoms with Crippen molar-refractivity contribution >= 4 is 11.9 Å². The smallest absolute Gasteiger partial charge is 0.305 e. The minimum atomic E-state index is -0.675. The molecule has 0 radical (unpaired) electrons. The third-order valence-corrected chi connectivity index (χ3v) is 15.8. The van der Waals surface area contributed by atoms with Crippen molar-refractivity contribution in [2.45, 2.75) is 392 Å². The van der Waals surface area contributed by atoms with E-state index in [2.05, 4.69) is 31.3 Å². The summed E-state index contributed by atoms with van der Waals surface area (Å²) in [5.74, 6) is -0.0445. The largest absolute Gasteiger partial charge is 0.466 e. The van der Waals surface area contributed by atoms with Crippen LogP contribution in [0.1, 0.15) is 380 Å². The summed E-state index contributed by atoms with van der Waals surface area (Å²) in [5.41, 5.74) is 0. The van der Waals surface area contributed by atoms with E-state index in [0.29, 0.717) is 25.9 Å². The van der Waals surface area contributed by atoms with E-state index in [4.69, 9.17) is 4.74 Å². The van der Waals surface area contributed by atoms with Gasteiger partial charge in [-0.1, -0.05) is 328 Å². The number of rotatable bonds is 63. The van der Waals surface area contributed by atoms with Gasteiger partial charge in [0.05, 0.1) is 25.4 Å². The number of esters is 1. The molecule has 3 N–H and O–H groups in total. The number of aliphatic hydroxyl groups is 2. The van der Waals surface area contributed by atoms with Crippen LogP contribution >= 0.6 is 0 Å². The molecule has 0 aromatic rings. The number of nitrogens with one attached hydrogen (secondary N) is 1. The number of unbranched alkanes of at least 4 members (excludes halogenated alkanes) is 50. The molecule has 0 aliphatic heterocycles. The monoisotopic (exact) mass is 1030 g/mol. The molecule has 0 saturated heterocycles. The van der Waals surface area contributed by atoms with E-state index >= 15 is 0 Å². The van der Waals surface area contributed by atoms with Gasteiger partial charge in [0.1, 0.15) is 0 Å². The van der Waals surface area contributed by atoms with Crippen molar-refractivity contribution in [2.75, 3.05) is 13.2 Å². The van der Waals surface area contributed by atoms with Gasteiger partial charge in [-0.25, -0.2) is 0 Å². The van der Waals surface area contributed by atoms with Crippen LogP contribution < -0.4 is 5.32 Å². The Labute approximate surface area is 457 Å². The molecule has 0 aromatic carbocycles. The molecular formula is C67H131NO5. The molecule has 2 unspecified atom stereocenters. The van der Waals surface area contributed by atoms with Gasteiger partial charge in [0, 0.05) is 12.8 Å². The summed E-state index contributed by atoms with van der Waals surface area (Å²) in [4.78, 5) is 24.6. The molecule has 434 valence electrons. The van der Waals surface area contributed by atoms with Crippen LogP contribution in [0.4, 0.5) is 0 Å². The highest BCUT2D eigenvalue weighted by Crippen LogP contribution is 2.19. The number of ether oxygens (including phenoxy) is 1. The van der Waals surface area contributed by atoms with Gasteiger partial charge in [0.2, 0.25) is 5.91 Å². The Morgan fingerprint density at radius 1 is 0.370 bits per heavy atom. The van der Waals surface area contributed by atoms with E-state index < -0.39 is 12.1 Å². The summed E-state index contributed by atoms with van der Waals surface area (Å²) in [7, 11) is 0. The van der Waals surface area contributed by atoms with Gasteiger partial charge in [-0.05, 0) is 51.4 Å². The Kier molecular flexibility index (Phi) is 61.9. The Balaban J connectivity index is 3.43. The maximum atomic E-state index is 12.5. The molecule has 1 amide bonds. The van der Waals surface area contributed by atoms with Crippen molar-refractivity contribution in [3.8, 4) is 0 Å². The van der Waals surface area contributed by atoms with Crippen LogP contribution in [0.3, 0.4) is 0 Å². The first-order valence-electron chi connectivity index (χ1n) is 33.4. The summed E-state index contributed by atoms with van der Waals surface area (Å²) >= 11 is 0. The lowest BCUT2D eigenvalue weighted by Crippen LogP contribution is -2.45. The Morgan fingerprint density at radius 3 is 0.973 bits per heavy atom. The zero-order chi connectivity index (χ0) is 52.9. The van der Waals surface area contributed by atoms with Crippen LogP contribution in [0, 0.1) is 0 Å². The van der Waals surface area contributed by atoms with Gasteiger partial charge in [0.15, 0.2) is 0 Å². The molecule has 0 bridgehead atoms. The summed E-state index contributed by atoms with van der Waals surface area (Å²) in [6.07, 6.45) is 76.6. The maximum absolute atomic E-state index is 12.5. The fourth-order valence-electron chi connectivity index (χ4n) is 10.7. The van der Waals surface area contributed by atoms with E-state index in [1.807, 2.05) is 0 Å². The van der Waals surface area contributed by atoms with Crippen molar-refractivity contribution in [2.24, 2.45) is 0 Å². The average molecular weight is 1030 g/mol. The topological polar surface area (TPSA) is 95.9 Å². The first-order valence-corrected chi connectivity index (χ1v) is 33.4. The number of aliphatic hydroxyl groups excluding tert-OH is 2. The molecule has 0 aromatic heterocycles. The molecule has 0 heterocycles. The third-order valence-electron chi connectivity index (χ3n) is 15.8. The standard InChI is InChI=1S/C67H131NO5/c1-3-5-7-9-11-13-15-17-19-21-23-24-25-26-27-31-35-39-43-47-51-55-59-65(70)64(63-69)68-66(71)60-56-52-48-44-40-36-32-29-30-34-38-42-46-50-54-58-62-73-67(72)61-57-53-49-45-41-37-33-28-22-20-18-16-14-12-10-8-6-4-2/h29,32,64-65,69-70H,3-28,30-31,33-63H2,1-2H3,(H,68,71)/b32-29-. The lowest BCUT2D eigenvalue weighted by Gasteiger charge is -2.22. The van der Waals surface area contributed by atoms with Crippen LogP contribution in [0.25, 0.3) is 0 Å². The second kappa shape index (κ2) is 63.1. The average Bonchev–Trinajstić information content (AvgIpc) is 3.39. The minimum absolute atomic E-state index is 0.00291. The summed E-state index contributed by atoms with van der Waals surface area (Å²) < 4.78 is 5.49. The second-order valence-electron chi connectivity index (χ2n) is 23.2. The van der Waals surface area contributed by atoms with Gasteiger partial charge >= 0.3 is 5.97 Å². The van der Waals surface area contributed by atoms with Crippen molar-refractivity contribution < 1.29 is 24.5 Å². The van der Waals surface area contributed by atoms with Crippen LogP contribution in [0.5, 0.6) is 0 Å². The summed E-state index contributed by atoms with van der Waals surface area (Å²) in [6, 6.07) is -0.554. The van der Waals surface area contributed by atoms with Crippen LogP contribution in [-0.2, 0) is 14.3 Å². The molecule has 0 aliphatic rings. The number of hydrogen-bond acceptors (Lipinski definition) is 5. The van der Waals surface area contributed by atoms with E-state index in [1.165, 1.54) is 283 Å². The molecule has 0 rings (SSSR count). The highest BCUT2D eigenvalue weighted by Gasteiger charge is 2.20. The number of allylic oxidation sites excluding steroid dienone is 2. The zero-order valence-electron chi connectivity index (χ0n) is 49.6. The third kappa shape index (κ3) is 59.7. The van der Waals surface area contributed by atoms with Crippen molar-refractivity contribution in [1.29, 1.82) is 0 Å².